The molecule has 0 spiro atoms. The lowest BCUT2D eigenvalue weighted by Crippen LogP contribution is -2.60. The van der Waals surface area contributed by atoms with E-state index < -0.39 is 22.2 Å². The van der Waals surface area contributed by atoms with Crippen LogP contribution in [0.4, 0.5) is 0 Å². The first-order chi connectivity index (χ1) is 21.7. The Morgan fingerprint density at radius 2 is 1.54 bits per heavy atom. The van der Waals surface area contributed by atoms with Crippen molar-refractivity contribution in [3.63, 3.8) is 0 Å². The molecule has 3 aromatic rings. The zero-order chi connectivity index (χ0) is 33.5. The van der Waals surface area contributed by atoms with E-state index in [2.05, 4.69) is 5.43 Å². The fourth-order valence-electron chi connectivity index (χ4n) is 5.92. The molecule has 0 radical (unpaired) electrons. The van der Waals surface area contributed by atoms with Crippen LogP contribution in [-0.4, -0.2) is 84.4 Å². The lowest BCUT2D eigenvalue weighted by Gasteiger charge is -2.38. The van der Waals surface area contributed by atoms with Gasteiger partial charge in [-0.3, -0.25) is 19.9 Å². The molecule has 0 aromatic heterocycles. The van der Waals surface area contributed by atoms with Gasteiger partial charge in [0.05, 0.1) is 23.6 Å². The van der Waals surface area contributed by atoms with Crippen LogP contribution < -0.4 is 5.43 Å². The third kappa shape index (κ3) is 9.84. The molecule has 10 heteroatoms. The maximum Gasteiger partial charge on any atom is 0.252 e. The van der Waals surface area contributed by atoms with E-state index in [1.54, 1.807) is 18.2 Å². The van der Waals surface area contributed by atoms with Crippen molar-refractivity contribution in [1.29, 1.82) is 0 Å². The minimum absolute atomic E-state index is 0.0335. The second-order valence-electron chi connectivity index (χ2n) is 14.1. The molecule has 2 amide bonds. The minimum Gasteiger partial charge on any atom is -0.390 e. The predicted molar refractivity (Wildman–Crippen MR) is 182 cm³/mol. The van der Waals surface area contributed by atoms with Crippen LogP contribution in [0, 0.1) is 11.3 Å². The molecule has 0 bridgehead atoms. The van der Waals surface area contributed by atoms with Gasteiger partial charge in [-0.2, -0.15) is 4.31 Å². The molecular formula is C36H50N4O5S. The summed E-state index contributed by atoms with van der Waals surface area (Å²) < 4.78 is 29.6. The molecule has 1 fully saturated rings. The van der Waals surface area contributed by atoms with E-state index in [-0.39, 0.29) is 60.5 Å². The summed E-state index contributed by atoms with van der Waals surface area (Å²) in [6.45, 7) is 11.4. The fourth-order valence-corrected chi connectivity index (χ4v) is 7.58. The maximum absolute atomic E-state index is 14.1. The van der Waals surface area contributed by atoms with E-state index in [9.17, 15) is 23.1 Å². The van der Waals surface area contributed by atoms with Crippen LogP contribution in [0.5, 0.6) is 0 Å². The van der Waals surface area contributed by atoms with Crippen LogP contribution in [0.15, 0.2) is 77.7 Å². The van der Waals surface area contributed by atoms with Crippen LogP contribution in [0.25, 0.3) is 10.8 Å². The molecule has 0 aliphatic carbocycles. The van der Waals surface area contributed by atoms with E-state index >= 15 is 0 Å². The Hall–Kier alpha value is -3.31. The molecule has 46 heavy (non-hydrogen) atoms. The van der Waals surface area contributed by atoms with Gasteiger partial charge in [-0.15, -0.1) is 0 Å². The van der Waals surface area contributed by atoms with Gasteiger partial charge >= 0.3 is 0 Å². The number of aliphatic hydroxyl groups is 1. The summed E-state index contributed by atoms with van der Waals surface area (Å²) in [5.74, 6) is -0.707. The number of carbonyl (C=O) groups excluding carboxylic acids is 2. The van der Waals surface area contributed by atoms with Gasteiger partial charge in [-0.25, -0.2) is 13.4 Å². The summed E-state index contributed by atoms with van der Waals surface area (Å²) in [5.41, 5.74) is 3.31. The summed E-state index contributed by atoms with van der Waals surface area (Å²) >= 11 is 0. The predicted octanol–water partition coefficient (Wildman–Crippen LogP) is 4.85. The molecule has 3 aromatic carbocycles. The largest absolute Gasteiger partial charge is 0.390 e. The van der Waals surface area contributed by atoms with E-state index in [1.165, 1.54) is 9.31 Å². The summed E-state index contributed by atoms with van der Waals surface area (Å²) in [4.78, 5) is 29.5. The topological polar surface area (TPSA) is 110 Å². The summed E-state index contributed by atoms with van der Waals surface area (Å²) in [6, 6.07) is 21.1. The van der Waals surface area contributed by atoms with E-state index in [4.69, 9.17) is 0 Å². The van der Waals surface area contributed by atoms with Gasteiger partial charge in [-0.1, -0.05) is 95.3 Å². The number of carbonyl (C=O) groups is 2. The highest BCUT2D eigenvalue weighted by molar-refractivity contribution is 7.89. The first-order valence-electron chi connectivity index (χ1n) is 16.3. The van der Waals surface area contributed by atoms with E-state index in [0.717, 1.165) is 42.3 Å². The van der Waals surface area contributed by atoms with Gasteiger partial charge in [0.25, 0.3) is 5.91 Å². The van der Waals surface area contributed by atoms with Gasteiger partial charge in [0.1, 0.15) is 0 Å². The van der Waals surface area contributed by atoms with Crippen molar-refractivity contribution >= 4 is 32.6 Å². The number of fused-ring (bicyclic) bond motifs is 1. The quantitative estimate of drug-likeness (QED) is 0.256. The number of hydrogen-bond acceptors (Lipinski definition) is 6. The normalized spacial score (nSPS) is 15.7. The number of hydrazine groups is 1. The van der Waals surface area contributed by atoms with E-state index in [0.29, 0.717) is 0 Å². The van der Waals surface area contributed by atoms with Gasteiger partial charge in [0.2, 0.25) is 15.9 Å². The molecule has 0 saturated carbocycles. The molecule has 1 aliphatic rings. The van der Waals surface area contributed by atoms with Crippen molar-refractivity contribution in [1.82, 2.24) is 19.6 Å². The second-order valence-corrected chi connectivity index (χ2v) is 16.0. The van der Waals surface area contributed by atoms with Crippen molar-refractivity contribution in [3.8, 4) is 0 Å². The zero-order valence-electron chi connectivity index (χ0n) is 27.9. The molecule has 2 N–H and O–H groups in total. The Morgan fingerprint density at radius 3 is 2.17 bits per heavy atom. The van der Waals surface area contributed by atoms with Crippen LogP contribution >= 0.6 is 0 Å². The van der Waals surface area contributed by atoms with Crippen molar-refractivity contribution in [2.45, 2.75) is 77.3 Å². The van der Waals surface area contributed by atoms with Crippen LogP contribution in [0.1, 0.15) is 59.4 Å². The second kappa shape index (κ2) is 15.5. The minimum atomic E-state index is -4.03. The monoisotopic (exact) mass is 650 g/mol. The van der Waals surface area contributed by atoms with Crippen molar-refractivity contribution in [2.75, 3.05) is 32.7 Å². The van der Waals surface area contributed by atoms with Crippen molar-refractivity contribution in [3.05, 3.63) is 78.4 Å². The number of nitrogens with one attached hydrogen (secondary N) is 1. The Labute approximate surface area is 274 Å². The zero-order valence-corrected chi connectivity index (χ0v) is 28.7. The molecule has 1 unspecified atom stereocenters. The van der Waals surface area contributed by atoms with Crippen LogP contribution in [0.3, 0.4) is 0 Å². The fraction of sp³-hybridized carbons (Fsp3) is 0.500. The number of hydrogen-bond donors (Lipinski definition) is 2. The smallest absolute Gasteiger partial charge is 0.252 e. The maximum atomic E-state index is 14.1. The number of nitrogens with zero attached hydrogens (tertiary/aromatic N) is 3. The van der Waals surface area contributed by atoms with E-state index in [1.807, 2.05) is 94.1 Å². The number of sulfonamides is 1. The summed E-state index contributed by atoms with van der Waals surface area (Å²) in [6.07, 6.45) is 1.07. The molecule has 2 atom stereocenters. The Bertz CT molecular complexity index is 1570. The lowest BCUT2D eigenvalue weighted by atomic mass is 9.91. The molecule has 4 rings (SSSR count). The number of rotatable bonds is 13. The molecule has 9 nitrogen and oxygen atoms in total. The Morgan fingerprint density at radius 1 is 0.913 bits per heavy atom. The van der Waals surface area contributed by atoms with Crippen LogP contribution in [-0.2, 0) is 26.0 Å². The lowest BCUT2D eigenvalue weighted by molar-refractivity contribution is -0.149. The third-order valence-electron chi connectivity index (χ3n) is 8.14. The molecule has 1 heterocycles. The van der Waals surface area contributed by atoms with Crippen molar-refractivity contribution in [2.24, 2.45) is 11.3 Å². The number of benzene rings is 3. The first kappa shape index (κ1) is 35.5. The Kier molecular flexibility index (Phi) is 12.0. The van der Waals surface area contributed by atoms with Crippen molar-refractivity contribution < 1.29 is 23.1 Å². The number of aliphatic hydroxyl groups excluding tert-OH is 1. The standard InChI is InChI=1S/C36H50N4O5S/c1-27(2)24-39(46(44,45)31-18-17-29-15-9-10-16-30(29)22-31)25-33(41)32(21-28-13-7-6-8-14-28)40(35(43)23-36(3,4)5)37-34(42)26-38-19-11-12-20-38/h6-10,13-18,22,27,32-33,41H,11-12,19-21,23-26H2,1-5H3,(H,37,42)/t32?,33-/m1/s1. The third-order valence-corrected chi connectivity index (χ3v) is 9.97. The highest BCUT2D eigenvalue weighted by Gasteiger charge is 2.37. The summed E-state index contributed by atoms with van der Waals surface area (Å²) in [7, 11) is -4.03. The van der Waals surface area contributed by atoms with Gasteiger partial charge in [-0.05, 0) is 72.2 Å². The molecular weight excluding hydrogens is 600 g/mol. The van der Waals surface area contributed by atoms with Gasteiger partial charge in [0, 0.05) is 19.5 Å². The van der Waals surface area contributed by atoms with Crippen LogP contribution in [0.2, 0.25) is 0 Å². The summed E-state index contributed by atoms with van der Waals surface area (Å²) in [5, 5.41) is 15.0. The van der Waals surface area contributed by atoms with Gasteiger partial charge < -0.3 is 5.11 Å². The first-order valence-corrected chi connectivity index (χ1v) is 17.7. The number of amides is 2. The highest BCUT2D eigenvalue weighted by atomic mass is 32.2. The molecule has 1 aliphatic heterocycles. The Balaban J connectivity index is 1.69. The average Bonchev–Trinajstić information content (AvgIpc) is 3.50. The van der Waals surface area contributed by atoms with Gasteiger partial charge in [0.15, 0.2) is 0 Å². The molecule has 1 saturated heterocycles. The average molecular weight is 651 g/mol. The highest BCUT2D eigenvalue weighted by Crippen LogP contribution is 2.26. The molecule has 250 valence electrons. The number of likely N-dealkylation sites (tertiary alicyclic amines) is 1. The SMILES string of the molecule is CC(C)CN(C[C@@H](O)C(Cc1ccccc1)N(NC(=O)CN1CCCC1)C(=O)CC(C)(C)C)S(=O)(=O)c1ccc2ccccc2c1.